The van der Waals surface area contributed by atoms with Crippen molar-refractivity contribution in [2.24, 2.45) is 0 Å². The molecule has 0 aromatic carbocycles. The van der Waals surface area contributed by atoms with Crippen molar-refractivity contribution in [2.45, 2.75) is 96.8 Å². The molecule has 0 amide bonds. The lowest BCUT2D eigenvalue weighted by atomic mass is 10.1. The van der Waals surface area contributed by atoms with Crippen LogP contribution in [-0.2, 0) is 4.74 Å². The maximum absolute atomic E-state index is 11.7. The normalized spacial score (nSPS) is 11.1. The van der Waals surface area contributed by atoms with Crippen molar-refractivity contribution in [3.63, 3.8) is 0 Å². The minimum Gasteiger partial charge on any atom is -0.462 e. The Kier molecular flexibility index (Phi) is 15.4. The summed E-state index contributed by atoms with van der Waals surface area (Å²) in [5.41, 5.74) is 0.530. The van der Waals surface area contributed by atoms with E-state index in [1.165, 1.54) is 77.0 Å². The Hall–Kier alpha value is -1.64. The number of pyridine rings is 1. The number of esters is 1. The van der Waals surface area contributed by atoms with E-state index in [9.17, 15) is 4.79 Å². The van der Waals surface area contributed by atoms with Gasteiger partial charge in [-0.3, -0.25) is 4.98 Å². The van der Waals surface area contributed by atoms with Gasteiger partial charge < -0.3 is 4.74 Å². The fourth-order valence-corrected chi connectivity index (χ4v) is 3.08. The number of carbonyl (C=O) groups excluding carboxylic acids is 1. The van der Waals surface area contributed by atoms with Crippen LogP contribution < -0.4 is 0 Å². The average Bonchev–Trinajstić information content (AvgIpc) is 2.70. The first-order chi connectivity index (χ1) is 13.3. The molecule has 1 aromatic rings. The van der Waals surface area contributed by atoms with Gasteiger partial charge in [0.15, 0.2) is 0 Å². The van der Waals surface area contributed by atoms with Crippen LogP contribution in [0, 0.1) is 0 Å². The molecule has 0 aliphatic carbocycles. The molecule has 0 saturated heterocycles. The molecule has 0 aliphatic heterocycles. The van der Waals surface area contributed by atoms with Crippen molar-refractivity contribution < 1.29 is 9.53 Å². The van der Waals surface area contributed by atoms with E-state index in [1.807, 2.05) is 0 Å². The number of ether oxygens (including phenoxy) is 1. The summed E-state index contributed by atoms with van der Waals surface area (Å²) in [4.78, 5) is 15.7. The van der Waals surface area contributed by atoms with Crippen LogP contribution in [0.1, 0.15) is 107 Å². The second kappa shape index (κ2) is 17.8. The summed E-state index contributed by atoms with van der Waals surface area (Å²) in [6.45, 7) is 2.78. The highest BCUT2D eigenvalue weighted by molar-refractivity contribution is 5.88. The first-order valence-corrected chi connectivity index (χ1v) is 11.1. The van der Waals surface area contributed by atoms with Gasteiger partial charge in [-0.25, -0.2) is 4.79 Å². The molecule has 152 valence electrons. The maximum Gasteiger partial charge on any atom is 0.339 e. The van der Waals surface area contributed by atoms with Crippen LogP contribution in [0.15, 0.2) is 36.7 Å². The highest BCUT2D eigenvalue weighted by Gasteiger charge is 2.05. The molecule has 0 saturated carbocycles. The van der Waals surface area contributed by atoms with Gasteiger partial charge >= 0.3 is 5.97 Å². The largest absolute Gasteiger partial charge is 0.462 e. The molecule has 0 unspecified atom stereocenters. The van der Waals surface area contributed by atoms with Crippen LogP contribution in [0.4, 0.5) is 0 Å². The SMILES string of the molecule is CCCCCCCCC=CCCCCCCCCOC(=O)c1cccnc1. The summed E-state index contributed by atoms with van der Waals surface area (Å²) in [6.07, 6.45) is 25.9. The Labute approximate surface area is 166 Å². The molecule has 1 rings (SSSR count). The molecule has 27 heavy (non-hydrogen) atoms. The summed E-state index contributed by atoms with van der Waals surface area (Å²) >= 11 is 0. The fourth-order valence-electron chi connectivity index (χ4n) is 3.08. The Bertz CT molecular complexity index is 484. The van der Waals surface area contributed by atoms with Crippen molar-refractivity contribution in [1.82, 2.24) is 4.98 Å². The lowest BCUT2D eigenvalue weighted by Crippen LogP contribution is -2.06. The second-order valence-corrected chi connectivity index (χ2v) is 7.32. The van der Waals surface area contributed by atoms with Crippen LogP contribution in [0.5, 0.6) is 0 Å². The topological polar surface area (TPSA) is 39.2 Å². The lowest BCUT2D eigenvalue weighted by Gasteiger charge is -2.04. The Morgan fingerprint density at radius 2 is 1.48 bits per heavy atom. The molecule has 1 aromatic heterocycles. The molecule has 3 heteroatoms. The summed E-state index contributed by atoms with van der Waals surface area (Å²) in [6, 6.07) is 3.48. The molecule has 1 heterocycles. The Morgan fingerprint density at radius 3 is 2.07 bits per heavy atom. The van der Waals surface area contributed by atoms with Gasteiger partial charge in [-0.2, -0.15) is 0 Å². The standard InChI is InChI=1S/C24H39NO2/c1-2-3-4-5-6-7-8-9-10-11-12-13-14-15-16-17-21-27-24(26)23-19-18-20-25-22-23/h9-10,18-20,22H,2-8,11-17,21H2,1H3. The van der Waals surface area contributed by atoms with E-state index in [0.717, 1.165) is 12.8 Å². The van der Waals surface area contributed by atoms with Crippen LogP contribution in [0.2, 0.25) is 0 Å². The predicted octanol–water partition coefficient (Wildman–Crippen LogP) is 7.28. The van der Waals surface area contributed by atoms with Gasteiger partial charge in [-0.05, 0) is 44.2 Å². The van der Waals surface area contributed by atoms with E-state index in [4.69, 9.17) is 4.74 Å². The molecule has 0 N–H and O–H groups in total. The molecular formula is C24H39NO2. The fraction of sp³-hybridized carbons (Fsp3) is 0.667. The van der Waals surface area contributed by atoms with E-state index in [-0.39, 0.29) is 5.97 Å². The number of aromatic nitrogens is 1. The van der Waals surface area contributed by atoms with Gasteiger partial charge in [0.1, 0.15) is 0 Å². The van der Waals surface area contributed by atoms with Crippen LogP contribution in [0.25, 0.3) is 0 Å². The van der Waals surface area contributed by atoms with Crippen molar-refractivity contribution in [2.75, 3.05) is 6.61 Å². The molecule has 0 spiro atoms. The zero-order valence-corrected chi connectivity index (χ0v) is 17.3. The van der Waals surface area contributed by atoms with Crippen LogP contribution >= 0.6 is 0 Å². The minimum absolute atomic E-state index is 0.268. The van der Waals surface area contributed by atoms with Crippen molar-refractivity contribution >= 4 is 5.97 Å². The summed E-state index contributed by atoms with van der Waals surface area (Å²) in [5.74, 6) is -0.268. The van der Waals surface area contributed by atoms with E-state index in [1.54, 1.807) is 24.5 Å². The third-order valence-electron chi connectivity index (χ3n) is 4.79. The molecule has 0 atom stereocenters. The highest BCUT2D eigenvalue weighted by atomic mass is 16.5. The number of hydrogen-bond acceptors (Lipinski definition) is 3. The maximum atomic E-state index is 11.7. The number of unbranched alkanes of at least 4 members (excludes halogenated alkanes) is 12. The molecule has 3 nitrogen and oxygen atoms in total. The predicted molar refractivity (Wildman–Crippen MR) is 114 cm³/mol. The zero-order chi connectivity index (χ0) is 19.4. The van der Waals surface area contributed by atoms with Gasteiger partial charge in [0.05, 0.1) is 12.2 Å². The van der Waals surface area contributed by atoms with Gasteiger partial charge in [0, 0.05) is 12.4 Å². The summed E-state index contributed by atoms with van der Waals surface area (Å²) in [5, 5.41) is 0. The van der Waals surface area contributed by atoms with Gasteiger partial charge in [0.2, 0.25) is 0 Å². The van der Waals surface area contributed by atoms with Crippen molar-refractivity contribution in [1.29, 1.82) is 0 Å². The first kappa shape index (κ1) is 23.4. The Morgan fingerprint density at radius 1 is 0.889 bits per heavy atom. The number of carbonyl (C=O) groups is 1. The van der Waals surface area contributed by atoms with E-state index >= 15 is 0 Å². The summed E-state index contributed by atoms with van der Waals surface area (Å²) in [7, 11) is 0. The van der Waals surface area contributed by atoms with Crippen molar-refractivity contribution in [3.8, 4) is 0 Å². The average molecular weight is 374 g/mol. The highest BCUT2D eigenvalue weighted by Crippen LogP contribution is 2.10. The van der Waals surface area contributed by atoms with E-state index in [0.29, 0.717) is 12.2 Å². The number of rotatable bonds is 17. The number of nitrogens with zero attached hydrogens (tertiary/aromatic N) is 1. The molecule has 0 fully saturated rings. The Balaban J connectivity index is 1.80. The molecule has 0 aliphatic rings. The van der Waals surface area contributed by atoms with E-state index in [2.05, 4.69) is 24.1 Å². The van der Waals surface area contributed by atoms with Crippen LogP contribution in [0.3, 0.4) is 0 Å². The smallest absolute Gasteiger partial charge is 0.339 e. The second-order valence-electron chi connectivity index (χ2n) is 7.32. The zero-order valence-electron chi connectivity index (χ0n) is 17.3. The minimum atomic E-state index is -0.268. The van der Waals surface area contributed by atoms with Gasteiger partial charge in [0.25, 0.3) is 0 Å². The van der Waals surface area contributed by atoms with Gasteiger partial charge in [-0.15, -0.1) is 0 Å². The number of allylic oxidation sites excluding steroid dienone is 2. The molecule has 0 radical (unpaired) electrons. The third-order valence-corrected chi connectivity index (χ3v) is 4.79. The van der Waals surface area contributed by atoms with Crippen LogP contribution in [-0.4, -0.2) is 17.6 Å². The van der Waals surface area contributed by atoms with Gasteiger partial charge in [-0.1, -0.05) is 76.9 Å². The third kappa shape index (κ3) is 14.1. The molecular weight excluding hydrogens is 334 g/mol. The summed E-state index contributed by atoms with van der Waals surface area (Å²) < 4.78 is 5.26. The van der Waals surface area contributed by atoms with E-state index < -0.39 is 0 Å². The lowest BCUT2D eigenvalue weighted by molar-refractivity contribution is 0.0497. The van der Waals surface area contributed by atoms with Crippen molar-refractivity contribution in [3.05, 3.63) is 42.2 Å². The monoisotopic (exact) mass is 373 g/mol. The molecule has 0 bridgehead atoms. The number of hydrogen-bond donors (Lipinski definition) is 0. The quantitative estimate of drug-likeness (QED) is 0.164. The first-order valence-electron chi connectivity index (χ1n) is 11.1.